The number of likely N-dealkylation sites (tertiary alicyclic amines) is 1. The lowest BCUT2D eigenvalue weighted by Gasteiger charge is -2.35. The van der Waals surface area contributed by atoms with Gasteiger partial charge in [-0.15, -0.1) is 0 Å². The van der Waals surface area contributed by atoms with Crippen LogP contribution in [0.3, 0.4) is 0 Å². The number of rotatable bonds is 1. The van der Waals surface area contributed by atoms with Crippen molar-refractivity contribution in [2.75, 3.05) is 13.6 Å². The maximum atomic E-state index is 12.2. The minimum Gasteiger partial charge on any atom is -0.459 e. The SMILES string of the molecule is CC1C(O)CN(C)C1(C)C(=O)OC(C)(C)C. The van der Waals surface area contributed by atoms with Gasteiger partial charge in [-0.25, -0.2) is 0 Å². The molecule has 0 amide bonds. The molecule has 94 valence electrons. The van der Waals surface area contributed by atoms with E-state index >= 15 is 0 Å². The number of aliphatic hydroxyl groups is 1. The molecule has 1 heterocycles. The molecule has 0 saturated carbocycles. The number of carbonyl (C=O) groups excluding carboxylic acids is 1. The molecule has 3 atom stereocenters. The fraction of sp³-hybridized carbons (Fsp3) is 0.917. The molecule has 0 aromatic carbocycles. The van der Waals surface area contributed by atoms with E-state index in [1.54, 1.807) is 0 Å². The van der Waals surface area contributed by atoms with Gasteiger partial charge in [0.1, 0.15) is 11.1 Å². The van der Waals surface area contributed by atoms with Crippen molar-refractivity contribution in [3.8, 4) is 0 Å². The summed E-state index contributed by atoms with van der Waals surface area (Å²) in [6.45, 7) is 9.79. The molecule has 1 aliphatic heterocycles. The summed E-state index contributed by atoms with van der Waals surface area (Å²) >= 11 is 0. The first-order valence-corrected chi connectivity index (χ1v) is 5.72. The molecule has 3 unspecified atom stereocenters. The molecule has 1 N–H and O–H groups in total. The summed E-state index contributed by atoms with van der Waals surface area (Å²) in [5, 5.41) is 9.80. The minimum atomic E-state index is -0.729. The van der Waals surface area contributed by atoms with Crippen molar-refractivity contribution in [2.24, 2.45) is 5.92 Å². The Bertz CT molecular complexity index is 284. The highest BCUT2D eigenvalue weighted by atomic mass is 16.6. The van der Waals surface area contributed by atoms with E-state index in [0.29, 0.717) is 6.54 Å². The standard InChI is InChI=1S/C12H23NO3/c1-8-9(14)7-13(6)12(8,5)10(15)16-11(2,3)4/h8-9,14H,7H2,1-6H3. The number of hydrogen-bond donors (Lipinski definition) is 1. The molecule has 0 aliphatic carbocycles. The van der Waals surface area contributed by atoms with Gasteiger partial charge in [-0.3, -0.25) is 9.69 Å². The predicted octanol–water partition coefficient (Wildman–Crippen LogP) is 1.03. The lowest BCUT2D eigenvalue weighted by atomic mass is 9.87. The van der Waals surface area contributed by atoms with Gasteiger partial charge in [0.15, 0.2) is 0 Å². The van der Waals surface area contributed by atoms with E-state index in [1.807, 2.05) is 46.6 Å². The third kappa shape index (κ3) is 2.23. The Morgan fingerprint density at radius 3 is 2.31 bits per heavy atom. The lowest BCUT2D eigenvalue weighted by Crippen LogP contribution is -2.52. The van der Waals surface area contributed by atoms with Crippen LogP contribution in [0, 0.1) is 5.92 Å². The van der Waals surface area contributed by atoms with Crippen molar-refractivity contribution in [1.82, 2.24) is 4.90 Å². The van der Waals surface area contributed by atoms with Gasteiger partial charge in [0.05, 0.1) is 6.10 Å². The van der Waals surface area contributed by atoms with Crippen LogP contribution >= 0.6 is 0 Å². The maximum absolute atomic E-state index is 12.2. The van der Waals surface area contributed by atoms with Crippen LogP contribution in [0.15, 0.2) is 0 Å². The van der Waals surface area contributed by atoms with E-state index < -0.39 is 17.2 Å². The second-order valence-electron chi connectivity index (χ2n) is 5.89. The molecule has 1 fully saturated rings. The van der Waals surface area contributed by atoms with Crippen molar-refractivity contribution < 1.29 is 14.6 Å². The zero-order valence-corrected chi connectivity index (χ0v) is 11.1. The van der Waals surface area contributed by atoms with Crippen molar-refractivity contribution in [3.63, 3.8) is 0 Å². The van der Waals surface area contributed by atoms with Crippen LogP contribution in [0.1, 0.15) is 34.6 Å². The first-order valence-electron chi connectivity index (χ1n) is 5.72. The number of esters is 1. The largest absolute Gasteiger partial charge is 0.459 e. The van der Waals surface area contributed by atoms with Gasteiger partial charge in [0.25, 0.3) is 0 Å². The molecular formula is C12H23NO3. The Hall–Kier alpha value is -0.610. The maximum Gasteiger partial charge on any atom is 0.327 e. The summed E-state index contributed by atoms with van der Waals surface area (Å²) in [6.07, 6.45) is -0.470. The molecule has 0 aromatic heterocycles. The Morgan fingerprint density at radius 1 is 1.50 bits per heavy atom. The fourth-order valence-corrected chi connectivity index (χ4v) is 2.07. The molecule has 4 nitrogen and oxygen atoms in total. The highest BCUT2D eigenvalue weighted by Gasteiger charge is 2.53. The summed E-state index contributed by atoms with van der Waals surface area (Å²) in [4.78, 5) is 14.0. The Kier molecular flexibility index (Phi) is 3.37. The van der Waals surface area contributed by atoms with E-state index in [2.05, 4.69) is 0 Å². The first-order chi connectivity index (χ1) is 7.09. The molecule has 0 spiro atoms. The lowest BCUT2D eigenvalue weighted by molar-refractivity contribution is -0.168. The Labute approximate surface area is 97.6 Å². The second-order valence-corrected chi connectivity index (χ2v) is 5.89. The van der Waals surface area contributed by atoms with Gasteiger partial charge in [-0.2, -0.15) is 0 Å². The quantitative estimate of drug-likeness (QED) is 0.682. The zero-order valence-electron chi connectivity index (χ0n) is 11.1. The second kappa shape index (κ2) is 4.00. The van der Waals surface area contributed by atoms with Crippen molar-refractivity contribution in [3.05, 3.63) is 0 Å². The highest BCUT2D eigenvalue weighted by Crippen LogP contribution is 2.35. The van der Waals surface area contributed by atoms with E-state index in [9.17, 15) is 9.90 Å². The highest BCUT2D eigenvalue weighted by molar-refractivity contribution is 5.81. The van der Waals surface area contributed by atoms with Crippen LogP contribution < -0.4 is 0 Å². The number of ether oxygens (including phenoxy) is 1. The van der Waals surface area contributed by atoms with E-state index in [0.717, 1.165) is 0 Å². The summed E-state index contributed by atoms with van der Waals surface area (Å²) in [7, 11) is 1.84. The number of aliphatic hydroxyl groups excluding tert-OH is 1. The average Bonchev–Trinajstić information content (AvgIpc) is 2.28. The number of β-amino-alcohol motifs (C(OH)–C–C–N with tert-alkyl or cyclic N) is 1. The Balaban J connectivity index is 2.89. The van der Waals surface area contributed by atoms with Crippen LogP contribution in [0.25, 0.3) is 0 Å². The van der Waals surface area contributed by atoms with Crippen molar-refractivity contribution >= 4 is 5.97 Å². The normalized spacial score (nSPS) is 36.4. The Morgan fingerprint density at radius 2 is 2.00 bits per heavy atom. The molecule has 0 aromatic rings. The summed E-state index contributed by atoms with van der Waals surface area (Å²) in [5.74, 6) is -0.376. The number of hydrogen-bond acceptors (Lipinski definition) is 4. The molecule has 1 aliphatic rings. The van der Waals surface area contributed by atoms with Crippen LogP contribution in [0.2, 0.25) is 0 Å². The van der Waals surface area contributed by atoms with Crippen LogP contribution in [0.4, 0.5) is 0 Å². The summed E-state index contributed by atoms with van der Waals surface area (Å²) in [6, 6.07) is 0. The fourth-order valence-electron chi connectivity index (χ4n) is 2.07. The molecule has 1 rings (SSSR count). The van der Waals surface area contributed by atoms with Crippen LogP contribution in [0.5, 0.6) is 0 Å². The van der Waals surface area contributed by atoms with E-state index in [4.69, 9.17) is 4.74 Å². The number of nitrogens with zero attached hydrogens (tertiary/aromatic N) is 1. The van der Waals surface area contributed by atoms with E-state index in [1.165, 1.54) is 0 Å². The molecule has 1 saturated heterocycles. The average molecular weight is 229 g/mol. The summed E-state index contributed by atoms with van der Waals surface area (Å²) in [5.41, 5.74) is -1.22. The third-order valence-electron chi connectivity index (χ3n) is 3.53. The smallest absolute Gasteiger partial charge is 0.327 e. The molecular weight excluding hydrogens is 206 g/mol. The van der Waals surface area contributed by atoms with Gasteiger partial charge in [0.2, 0.25) is 0 Å². The zero-order chi connectivity index (χ0) is 12.7. The van der Waals surface area contributed by atoms with E-state index in [-0.39, 0.29) is 11.9 Å². The molecule has 0 bridgehead atoms. The number of likely N-dealkylation sites (N-methyl/N-ethyl adjacent to an activating group) is 1. The molecule has 16 heavy (non-hydrogen) atoms. The van der Waals surface area contributed by atoms with Gasteiger partial charge in [-0.1, -0.05) is 6.92 Å². The predicted molar refractivity (Wildman–Crippen MR) is 62.1 cm³/mol. The monoisotopic (exact) mass is 229 g/mol. The van der Waals surface area contributed by atoms with Gasteiger partial charge >= 0.3 is 5.97 Å². The van der Waals surface area contributed by atoms with Crippen molar-refractivity contribution in [2.45, 2.75) is 51.9 Å². The van der Waals surface area contributed by atoms with Gasteiger partial charge in [0, 0.05) is 12.5 Å². The van der Waals surface area contributed by atoms with Crippen LogP contribution in [-0.4, -0.2) is 46.8 Å². The van der Waals surface area contributed by atoms with Gasteiger partial charge in [-0.05, 0) is 34.7 Å². The van der Waals surface area contributed by atoms with Gasteiger partial charge < -0.3 is 9.84 Å². The number of carbonyl (C=O) groups is 1. The van der Waals surface area contributed by atoms with Crippen molar-refractivity contribution in [1.29, 1.82) is 0 Å². The van der Waals surface area contributed by atoms with Crippen LogP contribution in [-0.2, 0) is 9.53 Å². The minimum absolute atomic E-state index is 0.118. The summed E-state index contributed by atoms with van der Waals surface area (Å²) < 4.78 is 5.42. The topological polar surface area (TPSA) is 49.8 Å². The molecule has 4 heteroatoms. The third-order valence-corrected chi connectivity index (χ3v) is 3.53. The molecule has 0 radical (unpaired) electrons. The first kappa shape index (κ1) is 13.5.